The van der Waals surface area contributed by atoms with Gasteiger partial charge in [0, 0.05) is 37.1 Å². The number of nitrogens with zero attached hydrogens (tertiary/aromatic N) is 2. The number of guanidine groups is 1. The molecule has 2 aliphatic rings. The molecule has 0 radical (unpaired) electrons. The van der Waals surface area contributed by atoms with Crippen molar-refractivity contribution < 1.29 is 5.11 Å². The molecule has 3 atom stereocenters. The summed E-state index contributed by atoms with van der Waals surface area (Å²) in [7, 11) is 0. The van der Waals surface area contributed by atoms with E-state index in [9.17, 15) is 5.11 Å². The summed E-state index contributed by atoms with van der Waals surface area (Å²) in [5.41, 5.74) is 1.31. The molecule has 30 heavy (non-hydrogen) atoms. The molecule has 0 amide bonds. The molecule has 1 aliphatic heterocycles. The zero-order valence-corrected chi connectivity index (χ0v) is 21.3. The van der Waals surface area contributed by atoms with Crippen molar-refractivity contribution in [3.05, 3.63) is 35.9 Å². The molecular weight excluding hydrogens is 487 g/mol. The van der Waals surface area contributed by atoms with Crippen molar-refractivity contribution in [1.82, 2.24) is 15.5 Å². The lowest BCUT2D eigenvalue weighted by atomic mass is 9.73. The number of hydrogen-bond acceptors (Lipinski definition) is 3. The number of aliphatic hydroxyl groups excluding tert-OH is 1. The number of rotatable bonds is 6. The quantitative estimate of drug-likeness (QED) is 0.293. The molecular formula is C24H41IN4O. The van der Waals surface area contributed by atoms with Crippen molar-refractivity contribution in [3.63, 3.8) is 0 Å². The smallest absolute Gasteiger partial charge is 0.191 e. The summed E-state index contributed by atoms with van der Waals surface area (Å²) >= 11 is 0. The Morgan fingerprint density at radius 2 is 1.90 bits per heavy atom. The summed E-state index contributed by atoms with van der Waals surface area (Å²) in [5, 5.41) is 17.5. The fourth-order valence-electron chi connectivity index (χ4n) is 4.71. The van der Waals surface area contributed by atoms with E-state index in [1.165, 1.54) is 12.0 Å². The highest BCUT2D eigenvalue weighted by Gasteiger charge is 2.35. The molecule has 1 aliphatic carbocycles. The van der Waals surface area contributed by atoms with Gasteiger partial charge in [0.1, 0.15) is 0 Å². The Kier molecular flexibility index (Phi) is 10.4. The molecule has 5 nitrogen and oxygen atoms in total. The zero-order valence-electron chi connectivity index (χ0n) is 18.9. The number of piperidine rings is 1. The Hall–Kier alpha value is -0.860. The van der Waals surface area contributed by atoms with Crippen LogP contribution in [0.1, 0.15) is 70.9 Å². The SMILES string of the molecule is CCNC(=NCC1(C)CCCCC1O)NC1CCN(C(C)c2ccccc2)CC1.I. The van der Waals surface area contributed by atoms with Gasteiger partial charge in [-0.25, -0.2) is 0 Å². The van der Waals surface area contributed by atoms with Crippen LogP contribution in [0.15, 0.2) is 35.3 Å². The fraction of sp³-hybridized carbons (Fsp3) is 0.708. The van der Waals surface area contributed by atoms with Crippen LogP contribution in [0.5, 0.6) is 0 Å². The highest BCUT2D eigenvalue weighted by atomic mass is 127. The summed E-state index contributed by atoms with van der Waals surface area (Å²) in [6, 6.07) is 11.7. The highest BCUT2D eigenvalue weighted by molar-refractivity contribution is 14.0. The van der Waals surface area contributed by atoms with Gasteiger partial charge in [0.2, 0.25) is 0 Å². The van der Waals surface area contributed by atoms with E-state index in [0.717, 1.165) is 57.7 Å². The monoisotopic (exact) mass is 528 g/mol. The van der Waals surface area contributed by atoms with Crippen LogP contribution in [0, 0.1) is 5.41 Å². The third-order valence-electron chi connectivity index (χ3n) is 6.92. The topological polar surface area (TPSA) is 59.9 Å². The standard InChI is InChI=1S/C24H40N4O.HI/c1-4-25-23(26-18-24(3)15-9-8-12-22(24)29)27-21-13-16-28(17-14-21)19(2)20-10-6-5-7-11-20;/h5-7,10-11,19,21-22,29H,4,8-9,12-18H2,1-3H3,(H2,25,26,27);1H. The third-order valence-corrected chi connectivity index (χ3v) is 6.92. The number of nitrogens with one attached hydrogen (secondary N) is 2. The van der Waals surface area contributed by atoms with E-state index >= 15 is 0 Å². The van der Waals surface area contributed by atoms with Gasteiger partial charge < -0.3 is 15.7 Å². The second kappa shape index (κ2) is 12.2. The molecule has 3 N–H and O–H groups in total. The van der Waals surface area contributed by atoms with E-state index in [4.69, 9.17) is 4.99 Å². The largest absolute Gasteiger partial charge is 0.392 e. The van der Waals surface area contributed by atoms with E-state index in [1.807, 2.05) is 0 Å². The van der Waals surface area contributed by atoms with Gasteiger partial charge in [0.25, 0.3) is 0 Å². The zero-order chi connectivity index (χ0) is 20.7. The number of hydrogen-bond donors (Lipinski definition) is 3. The maximum absolute atomic E-state index is 10.5. The molecule has 1 aromatic carbocycles. The van der Waals surface area contributed by atoms with E-state index in [-0.39, 0.29) is 35.5 Å². The predicted molar refractivity (Wildman–Crippen MR) is 137 cm³/mol. The summed E-state index contributed by atoms with van der Waals surface area (Å²) < 4.78 is 0. The minimum atomic E-state index is -0.231. The molecule has 2 fully saturated rings. The predicted octanol–water partition coefficient (Wildman–Crippen LogP) is 4.33. The molecule has 3 unspecified atom stereocenters. The van der Waals surface area contributed by atoms with Crippen molar-refractivity contribution in [2.75, 3.05) is 26.2 Å². The van der Waals surface area contributed by atoms with E-state index in [2.05, 4.69) is 66.6 Å². The number of aliphatic hydroxyl groups is 1. The molecule has 1 saturated heterocycles. The summed E-state index contributed by atoms with van der Waals surface area (Å²) in [4.78, 5) is 7.46. The van der Waals surface area contributed by atoms with Crippen molar-refractivity contribution in [2.45, 2.75) is 77.5 Å². The van der Waals surface area contributed by atoms with Crippen molar-refractivity contribution >= 4 is 29.9 Å². The summed E-state index contributed by atoms with van der Waals surface area (Å²) in [6.45, 7) is 10.4. The fourth-order valence-corrected chi connectivity index (χ4v) is 4.71. The van der Waals surface area contributed by atoms with Crippen LogP contribution in [0.3, 0.4) is 0 Å². The first-order valence-electron chi connectivity index (χ1n) is 11.5. The Morgan fingerprint density at radius 1 is 1.20 bits per heavy atom. The van der Waals surface area contributed by atoms with Crippen LogP contribution in [0.2, 0.25) is 0 Å². The van der Waals surface area contributed by atoms with Crippen LogP contribution >= 0.6 is 24.0 Å². The lowest BCUT2D eigenvalue weighted by Crippen LogP contribution is -2.49. The first kappa shape index (κ1) is 25.4. The molecule has 170 valence electrons. The minimum absolute atomic E-state index is 0. The summed E-state index contributed by atoms with van der Waals surface area (Å²) in [5.74, 6) is 0.904. The van der Waals surface area contributed by atoms with Gasteiger partial charge in [-0.2, -0.15) is 0 Å². The molecule has 0 spiro atoms. The van der Waals surface area contributed by atoms with Crippen molar-refractivity contribution in [2.24, 2.45) is 10.4 Å². The number of aliphatic imine (C=N–C) groups is 1. The van der Waals surface area contributed by atoms with Gasteiger partial charge in [0.05, 0.1) is 12.6 Å². The first-order chi connectivity index (χ1) is 14.0. The maximum atomic E-state index is 10.5. The molecule has 1 saturated carbocycles. The third kappa shape index (κ3) is 6.82. The molecule has 0 bridgehead atoms. The van der Waals surface area contributed by atoms with Gasteiger partial charge in [-0.05, 0) is 45.1 Å². The second-order valence-electron chi connectivity index (χ2n) is 9.15. The summed E-state index contributed by atoms with van der Waals surface area (Å²) in [6.07, 6.45) is 6.33. The van der Waals surface area contributed by atoms with Gasteiger partial charge >= 0.3 is 0 Å². The Labute approximate surface area is 200 Å². The lowest BCUT2D eigenvalue weighted by Gasteiger charge is -2.38. The van der Waals surface area contributed by atoms with E-state index < -0.39 is 0 Å². The average Bonchev–Trinajstić information content (AvgIpc) is 2.75. The molecule has 0 aromatic heterocycles. The van der Waals surface area contributed by atoms with Gasteiger partial charge in [-0.3, -0.25) is 9.89 Å². The van der Waals surface area contributed by atoms with Gasteiger partial charge in [-0.15, -0.1) is 24.0 Å². The van der Waals surface area contributed by atoms with Crippen molar-refractivity contribution in [3.8, 4) is 0 Å². The maximum Gasteiger partial charge on any atom is 0.191 e. The highest BCUT2D eigenvalue weighted by Crippen LogP contribution is 2.36. The van der Waals surface area contributed by atoms with Gasteiger partial charge in [0.15, 0.2) is 5.96 Å². The molecule has 1 heterocycles. The minimum Gasteiger partial charge on any atom is -0.392 e. The Balaban J connectivity index is 0.00000320. The molecule has 1 aromatic rings. The van der Waals surface area contributed by atoms with E-state index in [0.29, 0.717) is 18.6 Å². The Morgan fingerprint density at radius 3 is 2.53 bits per heavy atom. The van der Waals surface area contributed by atoms with Crippen LogP contribution in [0.4, 0.5) is 0 Å². The van der Waals surface area contributed by atoms with Crippen LogP contribution in [-0.2, 0) is 0 Å². The first-order valence-corrected chi connectivity index (χ1v) is 11.5. The van der Waals surface area contributed by atoms with Crippen molar-refractivity contribution in [1.29, 1.82) is 0 Å². The normalized spacial score (nSPS) is 27.2. The Bertz CT molecular complexity index is 648. The second-order valence-corrected chi connectivity index (χ2v) is 9.15. The average molecular weight is 529 g/mol. The number of halogens is 1. The van der Waals surface area contributed by atoms with Crippen LogP contribution in [-0.4, -0.2) is 54.3 Å². The molecule has 6 heteroatoms. The number of likely N-dealkylation sites (tertiary alicyclic amines) is 1. The molecule has 3 rings (SSSR count). The van der Waals surface area contributed by atoms with Gasteiger partial charge in [-0.1, -0.05) is 50.1 Å². The lowest BCUT2D eigenvalue weighted by molar-refractivity contribution is 0.00714. The number of benzene rings is 1. The van der Waals surface area contributed by atoms with Crippen LogP contribution < -0.4 is 10.6 Å². The van der Waals surface area contributed by atoms with Crippen LogP contribution in [0.25, 0.3) is 0 Å². The van der Waals surface area contributed by atoms with E-state index in [1.54, 1.807) is 0 Å².